The van der Waals surface area contributed by atoms with Crippen LogP contribution in [0.3, 0.4) is 0 Å². The molecule has 8 heteroatoms. The van der Waals surface area contributed by atoms with E-state index in [1.54, 1.807) is 24.4 Å². The lowest BCUT2D eigenvalue weighted by Gasteiger charge is -2.42. The third kappa shape index (κ3) is 3.97. The van der Waals surface area contributed by atoms with E-state index < -0.39 is 20.1 Å². The van der Waals surface area contributed by atoms with Gasteiger partial charge in [-0.1, -0.05) is 53.7 Å². The van der Waals surface area contributed by atoms with Crippen molar-refractivity contribution in [3.8, 4) is 11.5 Å². The molecule has 0 atom stereocenters. The van der Waals surface area contributed by atoms with Crippen molar-refractivity contribution in [2.45, 2.75) is 64.6 Å². The Morgan fingerprint density at radius 1 is 0.944 bits per heavy atom. The zero-order chi connectivity index (χ0) is 26.5. The molecule has 0 saturated heterocycles. The monoisotopic (exact) mass is 508 g/mol. The minimum Gasteiger partial charge on any atom is -0.541 e. The summed E-state index contributed by atoms with van der Waals surface area (Å²) >= 11 is 0. The molecule has 0 saturated carbocycles. The first-order valence-corrected chi connectivity index (χ1v) is 14.5. The molecule has 36 heavy (non-hydrogen) atoms. The first kappa shape index (κ1) is 25.8. The molecular formula is C28H33FN2O4Si. The molecule has 1 aliphatic heterocycles. The summed E-state index contributed by atoms with van der Waals surface area (Å²) in [5.74, 6) is -1.36. The topological polar surface area (TPSA) is 79.7 Å². The van der Waals surface area contributed by atoms with Gasteiger partial charge in [-0.25, -0.2) is 4.39 Å². The highest BCUT2D eigenvalue weighted by molar-refractivity contribution is 6.78. The zero-order valence-electron chi connectivity index (χ0n) is 21.8. The Morgan fingerprint density at radius 2 is 1.50 bits per heavy atom. The summed E-state index contributed by atoms with van der Waals surface area (Å²) in [6.07, 6.45) is 2.14. The highest BCUT2D eigenvalue weighted by Gasteiger charge is 2.49. The smallest absolute Gasteiger partial charge is 0.265 e. The van der Waals surface area contributed by atoms with Crippen LogP contribution in [0.15, 0.2) is 36.5 Å². The summed E-state index contributed by atoms with van der Waals surface area (Å²) in [5.41, 5.74) is 2.74. The first-order valence-electron chi connectivity index (χ1n) is 12.3. The maximum Gasteiger partial charge on any atom is 0.265 e. The van der Waals surface area contributed by atoms with E-state index in [2.05, 4.69) is 46.5 Å². The van der Waals surface area contributed by atoms with Crippen LogP contribution in [0, 0.1) is 5.82 Å². The van der Waals surface area contributed by atoms with Crippen molar-refractivity contribution in [1.29, 1.82) is 0 Å². The van der Waals surface area contributed by atoms with Crippen LogP contribution in [0.1, 0.15) is 73.4 Å². The van der Waals surface area contributed by atoms with E-state index in [4.69, 9.17) is 4.43 Å². The number of imide groups is 1. The fourth-order valence-electron chi connectivity index (χ4n) is 5.76. The van der Waals surface area contributed by atoms with Crippen molar-refractivity contribution in [3.05, 3.63) is 64.6 Å². The van der Waals surface area contributed by atoms with Gasteiger partial charge in [-0.05, 0) is 52.4 Å². The Morgan fingerprint density at radius 3 is 2.06 bits per heavy atom. The van der Waals surface area contributed by atoms with E-state index in [1.807, 2.05) is 0 Å². The van der Waals surface area contributed by atoms with E-state index in [9.17, 15) is 19.1 Å². The second kappa shape index (κ2) is 9.31. The van der Waals surface area contributed by atoms with E-state index in [1.165, 1.54) is 19.2 Å². The van der Waals surface area contributed by atoms with Gasteiger partial charge < -0.3 is 9.53 Å². The number of benzene rings is 2. The Hall–Kier alpha value is -3.26. The van der Waals surface area contributed by atoms with E-state index in [0.717, 1.165) is 16.0 Å². The molecule has 2 aromatic carbocycles. The van der Waals surface area contributed by atoms with E-state index in [-0.39, 0.29) is 45.1 Å². The van der Waals surface area contributed by atoms with Crippen LogP contribution in [-0.2, 0) is 6.42 Å². The summed E-state index contributed by atoms with van der Waals surface area (Å²) in [5, 5.41) is 11.6. The fourth-order valence-corrected chi connectivity index (χ4v) is 11.0. The number of halogens is 1. The van der Waals surface area contributed by atoms with Gasteiger partial charge in [0.2, 0.25) is 0 Å². The lowest BCUT2D eigenvalue weighted by Crippen LogP contribution is -2.51. The molecule has 0 spiro atoms. The average molecular weight is 509 g/mol. The summed E-state index contributed by atoms with van der Waals surface area (Å²) < 4.78 is 20.3. The highest BCUT2D eigenvalue weighted by atomic mass is 28.4. The minimum absolute atomic E-state index is 0.0371. The lowest BCUT2D eigenvalue weighted by molar-refractivity contribution is 0.0692. The number of nitrogens with zero attached hydrogens (tertiary/aromatic N) is 2. The molecule has 3 aromatic rings. The van der Waals surface area contributed by atoms with E-state index in [0.29, 0.717) is 17.3 Å². The van der Waals surface area contributed by atoms with Crippen molar-refractivity contribution in [3.63, 3.8) is 0 Å². The number of aromatic nitrogens is 1. The van der Waals surface area contributed by atoms with Crippen molar-refractivity contribution < 1.29 is 23.5 Å². The molecule has 1 aromatic heterocycles. The Balaban J connectivity index is 1.97. The number of carbonyl (C=O) groups excluding carboxylic acids is 2. The maximum absolute atomic E-state index is 13.3. The van der Waals surface area contributed by atoms with Crippen LogP contribution < -0.4 is 4.43 Å². The molecule has 2 amide bonds. The number of phenolic OH excluding ortho intramolecular Hbond substituents is 1. The number of hydrogen-bond donors (Lipinski definition) is 1. The number of carbonyl (C=O) groups is 2. The van der Waals surface area contributed by atoms with Gasteiger partial charge in [-0.3, -0.25) is 19.5 Å². The van der Waals surface area contributed by atoms with E-state index >= 15 is 0 Å². The fraction of sp³-hybridized carbons (Fsp3) is 0.393. The molecule has 0 fully saturated rings. The first-order chi connectivity index (χ1) is 16.9. The SMILES string of the molecule is CC(C)[Si](Oc1c2c(c(O)c3cc(Cc4ccc(F)cc4)cnc13)C(=O)N(C)C2=O)(C(C)C)C(C)C. The Bertz CT molecular complexity index is 1330. The number of aromatic hydroxyl groups is 1. The van der Waals surface area contributed by atoms with Crippen LogP contribution >= 0.6 is 0 Å². The molecule has 0 unspecified atom stereocenters. The van der Waals surface area contributed by atoms with Gasteiger partial charge in [0.05, 0.1) is 11.1 Å². The quantitative estimate of drug-likeness (QED) is 0.293. The molecule has 1 N–H and O–H groups in total. The minimum atomic E-state index is -2.54. The average Bonchev–Trinajstić information content (AvgIpc) is 3.04. The molecule has 0 aliphatic carbocycles. The van der Waals surface area contributed by atoms with Crippen molar-refractivity contribution in [2.24, 2.45) is 0 Å². The van der Waals surface area contributed by atoms with Crippen molar-refractivity contribution in [2.75, 3.05) is 7.05 Å². The molecular weight excluding hydrogens is 475 g/mol. The van der Waals surface area contributed by atoms with Crippen molar-refractivity contribution >= 4 is 31.0 Å². The van der Waals surface area contributed by atoms with Crippen LogP contribution in [0.2, 0.25) is 16.6 Å². The molecule has 2 heterocycles. The predicted molar refractivity (Wildman–Crippen MR) is 141 cm³/mol. The van der Waals surface area contributed by atoms with Crippen LogP contribution in [0.5, 0.6) is 11.5 Å². The van der Waals surface area contributed by atoms with Crippen LogP contribution in [0.25, 0.3) is 10.9 Å². The molecule has 1 aliphatic rings. The summed E-state index contributed by atoms with van der Waals surface area (Å²) in [4.78, 5) is 31.9. The third-order valence-electron chi connectivity index (χ3n) is 7.47. The lowest BCUT2D eigenvalue weighted by atomic mass is 9.99. The second-order valence-corrected chi connectivity index (χ2v) is 15.9. The summed E-state index contributed by atoms with van der Waals surface area (Å²) in [6.45, 7) is 12.8. The molecule has 6 nitrogen and oxygen atoms in total. The normalized spacial score (nSPS) is 14.0. The molecule has 0 radical (unpaired) electrons. The van der Waals surface area contributed by atoms with Crippen molar-refractivity contribution in [1.82, 2.24) is 9.88 Å². The Labute approximate surface area is 212 Å². The number of pyridine rings is 1. The maximum atomic E-state index is 13.3. The largest absolute Gasteiger partial charge is 0.541 e. The summed E-state index contributed by atoms with van der Waals surface area (Å²) in [6, 6.07) is 7.96. The second-order valence-electron chi connectivity index (χ2n) is 10.6. The van der Waals surface area contributed by atoms with Crippen LogP contribution in [-0.4, -0.2) is 42.2 Å². The predicted octanol–water partition coefficient (Wildman–Crippen LogP) is 6.45. The Kier molecular flexibility index (Phi) is 6.68. The number of amides is 2. The molecule has 4 rings (SSSR count). The van der Waals surface area contributed by atoms with Gasteiger partial charge in [-0.2, -0.15) is 0 Å². The molecule has 0 bridgehead atoms. The van der Waals surface area contributed by atoms with Crippen LogP contribution in [0.4, 0.5) is 4.39 Å². The highest BCUT2D eigenvalue weighted by Crippen LogP contribution is 2.49. The molecule has 190 valence electrons. The zero-order valence-corrected chi connectivity index (χ0v) is 22.8. The summed E-state index contributed by atoms with van der Waals surface area (Å²) in [7, 11) is -1.13. The number of hydrogen-bond acceptors (Lipinski definition) is 5. The van der Waals surface area contributed by atoms with Gasteiger partial charge in [0, 0.05) is 18.6 Å². The number of phenols is 1. The number of rotatable bonds is 7. The van der Waals surface area contributed by atoms with Gasteiger partial charge in [0.15, 0.2) is 0 Å². The van der Waals surface area contributed by atoms with Gasteiger partial charge in [0.1, 0.15) is 22.8 Å². The van der Waals surface area contributed by atoms with Gasteiger partial charge >= 0.3 is 0 Å². The number of fused-ring (bicyclic) bond motifs is 2. The van der Waals surface area contributed by atoms with Gasteiger partial charge in [0.25, 0.3) is 20.1 Å². The van der Waals surface area contributed by atoms with Gasteiger partial charge in [-0.15, -0.1) is 0 Å². The standard InChI is InChI=1S/C28H33FN2O4Si/c1-15(2)36(16(3)4,17(5)6)35-26-23-22(27(33)31(7)28(23)34)25(32)21-13-19(14-30-24(21)26)12-18-8-10-20(29)11-9-18/h8-11,13-17,32H,12H2,1-7H3. The third-order valence-corrected chi connectivity index (χ3v) is 13.4.